The highest BCUT2D eigenvalue weighted by molar-refractivity contribution is 5.97. The van der Waals surface area contributed by atoms with E-state index in [1.807, 2.05) is 31.2 Å². The van der Waals surface area contributed by atoms with Gasteiger partial charge in [-0.3, -0.25) is 9.59 Å². The Balaban J connectivity index is 1.99. The highest BCUT2D eigenvalue weighted by Crippen LogP contribution is 2.21. The summed E-state index contributed by atoms with van der Waals surface area (Å²) < 4.78 is 19.2. The Bertz CT molecular complexity index is 773. The van der Waals surface area contributed by atoms with Gasteiger partial charge >= 0.3 is 0 Å². The van der Waals surface area contributed by atoms with Crippen LogP contribution in [0.3, 0.4) is 0 Å². The smallest absolute Gasteiger partial charge is 0.248 e. The molecule has 3 N–H and O–H groups in total. The van der Waals surface area contributed by atoms with Crippen LogP contribution in [-0.4, -0.2) is 18.4 Å². The highest BCUT2D eigenvalue weighted by Gasteiger charge is 2.12. The van der Waals surface area contributed by atoms with Gasteiger partial charge in [-0.15, -0.1) is 0 Å². The van der Waals surface area contributed by atoms with E-state index in [1.165, 1.54) is 13.0 Å². The predicted molar refractivity (Wildman–Crippen MR) is 94.2 cm³/mol. The number of nitrogens with one attached hydrogen (secondary N) is 1. The lowest BCUT2D eigenvalue weighted by Gasteiger charge is -2.11. The molecule has 0 atom stereocenters. The van der Waals surface area contributed by atoms with Crippen molar-refractivity contribution >= 4 is 17.5 Å². The number of carbonyl (C=O) groups excluding carboxylic acids is 2. The lowest BCUT2D eigenvalue weighted by molar-refractivity contribution is -0.116. The molecule has 0 unspecified atom stereocenters. The molecule has 2 aromatic carbocycles. The van der Waals surface area contributed by atoms with Gasteiger partial charge in [-0.05, 0) is 50.1 Å². The molecule has 0 aliphatic rings. The molecule has 2 rings (SSSR count). The van der Waals surface area contributed by atoms with E-state index in [0.29, 0.717) is 13.0 Å². The molecular weight excluding hydrogens is 323 g/mol. The van der Waals surface area contributed by atoms with Crippen molar-refractivity contribution in [2.24, 2.45) is 5.73 Å². The van der Waals surface area contributed by atoms with Crippen molar-refractivity contribution in [3.8, 4) is 5.75 Å². The van der Waals surface area contributed by atoms with Gasteiger partial charge < -0.3 is 15.8 Å². The minimum absolute atomic E-state index is 0.0184. The summed E-state index contributed by atoms with van der Waals surface area (Å²) in [4.78, 5) is 23.3. The second kappa shape index (κ2) is 8.28. The van der Waals surface area contributed by atoms with Crippen LogP contribution >= 0.6 is 0 Å². The number of hydrogen-bond acceptors (Lipinski definition) is 3. The quantitative estimate of drug-likeness (QED) is 0.809. The summed E-state index contributed by atoms with van der Waals surface area (Å²) in [7, 11) is 0. The zero-order valence-electron chi connectivity index (χ0n) is 14.3. The van der Waals surface area contributed by atoms with E-state index in [4.69, 9.17) is 10.5 Å². The van der Waals surface area contributed by atoms with E-state index in [9.17, 15) is 14.0 Å². The van der Waals surface area contributed by atoms with Crippen molar-refractivity contribution in [1.82, 2.24) is 0 Å². The topological polar surface area (TPSA) is 81.4 Å². The molecule has 0 saturated heterocycles. The van der Waals surface area contributed by atoms with Gasteiger partial charge in [0.15, 0.2) is 0 Å². The molecule has 0 radical (unpaired) electrons. The summed E-state index contributed by atoms with van der Waals surface area (Å²) in [5.41, 5.74) is 6.70. The van der Waals surface area contributed by atoms with Crippen LogP contribution < -0.4 is 15.8 Å². The Labute approximate surface area is 146 Å². The molecule has 0 aliphatic heterocycles. The van der Waals surface area contributed by atoms with Gasteiger partial charge in [-0.1, -0.05) is 12.1 Å². The number of rotatable bonds is 7. The van der Waals surface area contributed by atoms with Crippen molar-refractivity contribution < 1.29 is 18.7 Å². The monoisotopic (exact) mass is 344 g/mol. The first-order valence-electron chi connectivity index (χ1n) is 8.02. The van der Waals surface area contributed by atoms with Crippen molar-refractivity contribution in [2.75, 3.05) is 11.9 Å². The first-order valence-corrected chi connectivity index (χ1v) is 8.02. The SMILES string of the molecule is CCOc1ccc(CCC(=O)Nc2cc(C(N)=O)cc(F)c2C)cc1. The molecule has 0 fully saturated rings. The minimum Gasteiger partial charge on any atom is -0.494 e. The number of amides is 2. The number of carbonyl (C=O) groups is 2. The predicted octanol–water partition coefficient (Wildman–Crippen LogP) is 3.20. The van der Waals surface area contributed by atoms with E-state index < -0.39 is 11.7 Å². The van der Waals surface area contributed by atoms with E-state index >= 15 is 0 Å². The zero-order valence-corrected chi connectivity index (χ0v) is 14.3. The Morgan fingerprint density at radius 3 is 2.48 bits per heavy atom. The first-order chi connectivity index (χ1) is 11.9. The molecule has 2 amide bonds. The maximum absolute atomic E-state index is 13.8. The molecule has 5 nitrogen and oxygen atoms in total. The maximum Gasteiger partial charge on any atom is 0.248 e. The molecule has 0 saturated carbocycles. The van der Waals surface area contributed by atoms with E-state index in [2.05, 4.69) is 5.32 Å². The van der Waals surface area contributed by atoms with Crippen LogP contribution in [-0.2, 0) is 11.2 Å². The summed E-state index contributed by atoms with van der Waals surface area (Å²) in [5, 5.41) is 2.64. The number of anilines is 1. The Morgan fingerprint density at radius 1 is 1.20 bits per heavy atom. The zero-order chi connectivity index (χ0) is 18.4. The fourth-order valence-corrected chi connectivity index (χ4v) is 2.34. The fraction of sp³-hybridized carbons (Fsp3) is 0.263. The highest BCUT2D eigenvalue weighted by atomic mass is 19.1. The van der Waals surface area contributed by atoms with Gasteiger partial charge in [-0.25, -0.2) is 4.39 Å². The third-order valence-corrected chi connectivity index (χ3v) is 3.78. The normalized spacial score (nSPS) is 10.4. The van der Waals surface area contributed by atoms with Crippen molar-refractivity contribution in [2.45, 2.75) is 26.7 Å². The van der Waals surface area contributed by atoms with Crippen LogP contribution in [0.5, 0.6) is 5.75 Å². The molecule has 0 spiro atoms. The molecule has 6 heteroatoms. The van der Waals surface area contributed by atoms with Crippen LogP contribution in [0, 0.1) is 12.7 Å². The van der Waals surface area contributed by atoms with Crippen molar-refractivity contribution in [3.63, 3.8) is 0 Å². The third-order valence-electron chi connectivity index (χ3n) is 3.78. The molecule has 132 valence electrons. The average Bonchev–Trinajstić information content (AvgIpc) is 2.58. The minimum atomic E-state index is -0.746. The molecule has 25 heavy (non-hydrogen) atoms. The summed E-state index contributed by atoms with van der Waals surface area (Å²) in [6.45, 7) is 4.04. The summed E-state index contributed by atoms with van der Waals surface area (Å²) >= 11 is 0. The lowest BCUT2D eigenvalue weighted by atomic mass is 10.1. The maximum atomic E-state index is 13.8. The Hall–Kier alpha value is -2.89. The number of hydrogen-bond donors (Lipinski definition) is 2. The van der Waals surface area contributed by atoms with Gasteiger partial charge in [0.2, 0.25) is 11.8 Å². The molecule has 2 aromatic rings. The largest absolute Gasteiger partial charge is 0.494 e. The van der Waals surface area contributed by atoms with Gasteiger partial charge in [-0.2, -0.15) is 0 Å². The third kappa shape index (κ3) is 5.04. The first kappa shape index (κ1) is 18.4. The van der Waals surface area contributed by atoms with Crippen molar-refractivity contribution in [1.29, 1.82) is 0 Å². The summed E-state index contributed by atoms with van der Waals surface area (Å²) in [6.07, 6.45) is 0.769. The van der Waals surface area contributed by atoms with Gasteiger partial charge in [0.05, 0.1) is 6.61 Å². The van der Waals surface area contributed by atoms with Crippen LogP contribution in [0.1, 0.15) is 34.8 Å². The van der Waals surface area contributed by atoms with E-state index in [-0.39, 0.29) is 29.1 Å². The fourth-order valence-electron chi connectivity index (χ4n) is 2.34. The van der Waals surface area contributed by atoms with Gasteiger partial charge in [0.25, 0.3) is 0 Å². The van der Waals surface area contributed by atoms with Crippen LogP contribution in [0.2, 0.25) is 0 Å². The van der Waals surface area contributed by atoms with Crippen LogP contribution in [0.15, 0.2) is 36.4 Å². The van der Waals surface area contributed by atoms with E-state index in [1.54, 1.807) is 0 Å². The number of primary amides is 1. The molecule has 0 aromatic heterocycles. The average molecular weight is 344 g/mol. The van der Waals surface area contributed by atoms with Gasteiger partial charge in [0, 0.05) is 23.2 Å². The summed E-state index contributed by atoms with van der Waals surface area (Å²) in [5.74, 6) is -0.815. The number of nitrogens with two attached hydrogens (primary N) is 1. The summed E-state index contributed by atoms with van der Waals surface area (Å²) in [6, 6.07) is 9.95. The second-order valence-electron chi connectivity index (χ2n) is 5.62. The molecule has 0 aliphatic carbocycles. The standard InChI is InChI=1S/C19H21FN2O3/c1-3-25-15-7-4-13(5-8-15)6-9-18(23)22-17-11-14(19(21)24)10-16(20)12(17)2/h4-5,7-8,10-11H,3,6,9H2,1-2H3,(H2,21,24)(H,22,23). The van der Waals surface area contributed by atoms with E-state index in [0.717, 1.165) is 17.4 Å². The molecule has 0 heterocycles. The lowest BCUT2D eigenvalue weighted by Crippen LogP contribution is -2.16. The molecular formula is C19H21FN2O3. The second-order valence-corrected chi connectivity index (χ2v) is 5.62. The van der Waals surface area contributed by atoms with Crippen molar-refractivity contribution in [3.05, 3.63) is 58.9 Å². The number of benzene rings is 2. The number of halogens is 1. The number of aryl methyl sites for hydroxylation is 1. The Kier molecular flexibility index (Phi) is 6.11. The van der Waals surface area contributed by atoms with Crippen LogP contribution in [0.25, 0.3) is 0 Å². The van der Waals surface area contributed by atoms with Crippen LogP contribution in [0.4, 0.5) is 10.1 Å². The number of ether oxygens (including phenoxy) is 1. The molecule has 0 bridgehead atoms. The Morgan fingerprint density at radius 2 is 1.88 bits per heavy atom. The van der Waals surface area contributed by atoms with Gasteiger partial charge in [0.1, 0.15) is 11.6 Å².